The average Bonchev–Trinajstić information content (AvgIpc) is 3.29. The Kier molecular flexibility index (Phi) is 21.1. The van der Waals surface area contributed by atoms with Crippen LogP contribution in [0.1, 0.15) is 70.8 Å². The highest BCUT2D eigenvalue weighted by atomic mass is 79.9. The number of pyridine rings is 3. The molecule has 0 saturated carbocycles. The largest absolute Gasteiger partial charge is 1.00 e. The minimum Gasteiger partial charge on any atom is -1.00 e. The van der Waals surface area contributed by atoms with Crippen LogP contribution >= 0.6 is 0 Å². The van der Waals surface area contributed by atoms with E-state index in [4.69, 9.17) is 0 Å². The molecule has 69 heavy (non-hydrogen) atoms. The third kappa shape index (κ3) is 15.3. The van der Waals surface area contributed by atoms with Crippen LogP contribution in [0.2, 0.25) is 0 Å². The third-order valence-electron chi connectivity index (χ3n) is 11.5. The summed E-state index contributed by atoms with van der Waals surface area (Å²) in [5.41, 5.74) is 15.0. The van der Waals surface area contributed by atoms with Crippen molar-refractivity contribution in [1.29, 1.82) is 0 Å². The number of aryl methyl sites for hydroxylation is 3. The van der Waals surface area contributed by atoms with Gasteiger partial charge < -0.3 is 82.8 Å². The first kappa shape index (κ1) is 55.2. The number of benzene rings is 4. The average molecular weight is 1120 g/mol. The second kappa shape index (κ2) is 26.4. The van der Waals surface area contributed by atoms with Gasteiger partial charge in [-0.1, -0.05) is 73.9 Å². The van der Waals surface area contributed by atoms with Crippen LogP contribution in [-0.2, 0) is 38.9 Å². The number of nitrogens with one attached hydrogen (secondary N) is 6. The minimum absolute atomic E-state index is 0. The molecule has 0 radical (unpaired) electrons. The molecule has 6 amide bonds. The lowest BCUT2D eigenvalue weighted by Crippen LogP contribution is -3.00. The Morgan fingerprint density at radius 1 is 0.348 bits per heavy atom. The fraction of sp³-hybridized carbons (Fsp3) is 0.222. The molecule has 0 fully saturated rings. The molecule has 0 aliphatic heterocycles. The van der Waals surface area contributed by atoms with Crippen LogP contribution in [-0.4, -0.2) is 18.1 Å². The van der Waals surface area contributed by atoms with Crippen molar-refractivity contribution in [2.75, 3.05) is 31.9 Å². The first-order valence-corrected chi connectivity index (χ1v) is 22.5. The van der Waals surface area contributed by atoms with E-state index in [9.17, 15) is 14.4 Å². The van der Waals surface area contributed by atoms with Crippen molar-refractivity contribution in [3.63, 3.8) is 0 Å². The second-order valence-corrected chi connectivity index (χ2v) is 16.6. The molecular formula is C54H60Br3N9O3. The topological polar surface area (TPSA) is 135 Å². The second-order valence-electron chi connectivity index (χ2n) is 16.6. The van der Waals surface area contributed by atoms with Crippen molar-refractivity contribution >= 4 is 52.2 Å². The molecule has 3 heterocycles. The number of carbonyl (C=O) groups is 3. The lowest BCUT2D eigenvalue weighted by atomic mass is 9.83. The standard InChI is InChI=1S/C54H57N9O3.3BrH/c1-7-46-49(34-61-28-10-13-43(31-61)58-52(64)55-40-22-16-37(4)17-23-40)47(8-2)51(36-63-30-12-15-45(33-63)60-54(66)57-42-26-20-39(6)21-27-42)48(9-3)50(46)35-62-29-11-14-44(32-62)59-53(65)56-41-24-18-38(5)19-25-41;;;/h10-33H,7-9,34-36H2,1-6H3,(H3-3,55,56,57,58,59,60,64,65,66);3*1H. The summed E-state index contributed by atoms with van der Waals surface area (Å²) in [7, 11) is 0. The van der Waals surface area contributed by atoms with Gasteiger partial charge in [0.25, 0.3) is 0 Å². The van der Waals surface area contributed by atoms with E-state index in [0.29, 0.717) is 53.8 Å². The quantitative estimate of drug-likeness (QED) is 0.0865. The fourth-order valence-corrected chi connectivity index (χ4v) is 8.37. The molecule has 360 valence electrons. The van der Waals surface area contributed by atoms with E-state index in [2.05, 4.69) is 66.4 Å². The molecule has 3 aromatic heterocycles. The maximum atomic E-state index is 13.1. The zero-order valence-electron chi connectivity index (χ0n) is 39.8. The number of aromatic nitrogens is 3. The number of anilines is 6. The highest BCUT2D eigenvalue weighted by Crippen LogP contribution is 2.31. The van der Waals surface area contributed by atoms with Gasteiger partial charge in [0.1, 0.15) is 17.1 Å². The lowest BCUT2D eigenvalue weighted by molar-refractivity contribution is -0.690. The Labute approximate surface area is 437 Å². The van der Waals surface area contributed by atoms with Crippen molar-refractivity contribution in [1.82, 2.24) is 0 Å². The van der Waals surface area contributed by atoms with Gasteiger partial charge in [0.15, 0.2) is 56.8 Å². The molecule has 0 bridgehead atoms. The molecule has 4 aromatic carbocycles. The van der Waals surface area contributed by atoms with E-state index < -0.39 is 0 Å². The maximum Gasteiger partial charge on any atom is 0.323 e. The summed E-state index contributed by atoms with van der Waals surface area (Å²) in [6, 6.07) is 33.7. The van der Waals surface area contributed by atoms with Crippen LogP contribution in [0.25, 0.3) is 0 Å². The van der Waals surface area contributed by atoms with Gasteiger partial charge in [-0.25, -0.2) is 14.4 Å². The number of halogens is 3. The van der Waals surface area contributed by atoms with Crippen LogP contribution in [0.3, 0.4) is 0 Å². The van der Waals surface area contributed by atoms with Crippen LogP contribution < -0.4 is 96.5 Å². The highest BCUT2D eigenvalue weighted by molar-refractivity contribution is 6.00. The zero-order valence-corrected chi connectivity index (χ0v) is 44.6. The van der Waals surface area contributed by atoms with Crippen LogP contribution in [0.5, 0.6) is 0 Å². The number of rotatable bonds is 15. The number of hydrogen-bond acceptors (Lipinski definition) is 3. The van der Waals surface area contributed by atoms with Crippen molar-refractivity contribution < 1.29 is 79.0 Å². The Morgan fingerprint density at radius 3 is 0.812 bits per heavy atom. The molecule has 6 N–H and O–H groups in total. The Bertz CT molecular complexity index is 2510. The van der Waals surface area contributed by atoms with E-state index >= 15 is 0 Å². The van der Waals surface area contributed by atoms with E-state index in [1.54, 1.807) is 0 Å². The van der Waals surface area contributed by atoms with Crippen molar-refractivity contribution in [3.05, 3.63) is 196 Å². The molecule has 7 rings (SSSR count). The normalized spacial score (nSPS) is 10.3. The van der Waals surface area contributed by atoms with Crippen LogP contribution in [0.15, 0.2) is 146 Å². The summed E-state index contributed by atoms with van der Waals surface area (Å²) in [6.45, 7) is 14.4. The molecule has 0 spiro atoms. The number of nitrogens with zero attached hydrogens (tertiary/aromatic N) is 3. The first-order chi connectivity index (χ1) is 32.0. The van der Waals surface area contributed by atoms with E-state index in [0.717, 1.165) is 36.0 Å². The van der Waals surface area contributed by atoms with Crippen molar-refractivity contribution in [2.45, 2.75) is 80.4 Å². The number of hydrogen-bond donors (Lipinski definition) is 6. The Hall–Kier alpha value is -6.42. The van der Waals surface area contributed by atoms with Gasteiger partial charge in [0.05, 0.1) is 0 Å². The van der Waals surface area contributed by atoms with E-state index in [1.165, 1.54) is 33.4 Å². The van der Waals surface area contributed by atoms with Gasteiger partial charge in [-0.05, 0) is 111 Å². The van der Waals surface area contributed by atoms with Gasteiger partial charge in [-0.15, -0.1) is 0 Å². The lowest BCUT2D eigenvalue weighted by Gasteiger charge is -2.23. The monoisotopic (exact) mass is 1120 g/mol. The molecule has 0 saturated heterocycles. The smallest absolute Gasteiger partial charge is 0.323 e. The van der Waals surface area contributed by atoms with Gasteiger partial charge in [-0.3, -0.25) is 0 Å². The number of amides is 6. The van der Waals surface area contributed by atoms with Crippen molar-refractivity contribution in [2.24, 2.45) is 0 Å². The summed E-state index contributed by atoms with van der Waals surface area (Å²) in [5.74, 6) is 0. The highest BCUT2D eigenvalue weighted by Gasteiger charge is 2.28. The molecule has 0 aliphatic carbocycles. The molecular weight excluding hydrogens is 1060 g/mol. The van der Waals surface area contributed by atoms with Crippen molar-refractivity contribution in [3.8, 4) is 0 Å². The fourth-order valence-electron chi connectivity index (χ4n) is 8.37. The maximum absolute atomic E-state index is 13.1. The predicted octanol–water partition coefficient (Wildman–Crippen LogP) is 1.25. The predicted molar refractivity (Wildman–Crippen MR) is 263 cm³/mol. The molecule has 12 nitrogen and oxygen atoms in total. The summed E-state index contributed by atoms with van der Waals surface area (Å²) < 4.78 is 6.38. The zero-order chi connectivity index (χ0) is 46.6. The minimum atomic E-state index is -0.320. The number of carbonyl (C=O) groups excluding carboxylic acids is 3. The first-order valence-electron chi connectivity index (χ1n) is 22.5. The molecule has 0 aliphatic rings. The summed E-state index contributed by atoms with van der Waals surface area (Å²) in [6.07, 6.45) is 14.4. The van der Waals surface area contributed by atoms with Gasteiger partial charge >= 0.3 is 18.1 Å². The van der Waals surface area contributed by atoms with Gasteiger partial charge in [0.2, 0.25) is 0 Å². The van der Waals surface area contributed by atoms with Crippen LogP contribution in [0.4, 0.5) is 48.5 Å². The van der Waals surface area contributed by atoms with E-state index in [-0.39, 0.29) is 69.0 Å². The molecule has 15 heteroatoms. The Balaban J connectivity index is 0.00000346. The Morgan fingerprint density at radius 2 is 0.580 bits per heavy atom. The van der Waals surface area contributed by atoms with E-state index in [1.807, 2.05) is 167 Å². The summed E-state index contributed by atoms with van der Waals surface area (Å²) in [5, 5.41) is 17.9. The summed E-state index contributed by atoms with van der Waals surface area (Å²) >= 11 is 0. The van der Waals surface area contributed by atoms with Gasteiger partial charge in [-0.2, -0.15) is 13.7 Å². The van der Waals surface area contributed by atoms with Crippen LogP contribution in [0, 0.1) is 20.8 Å². The number of urea groups is 3. The third-order valence-corrected chi connectivity index (χ3v) is 11.5. The van der Waals surface area contributed by atoms with Gasteiger partial charge in [0, 0.05) is 52.0 Å². The molecule has 0 unspecified atom stereocenters. The molecule has 7 aromatic rings. The molecule has 0 atom stereocenters. The summed E-state index contributed by atoms with van der Waals surface area (Å²) in [4.78, 5) is 39.3. The SMILES string of the molecule is CCc1c(C[n+]2cccc(NC(=O)Nc3ccc(C)cc3)c2)c(CC)c(C[n+]2cccc(NC(=O)Nc3ccc(C)cc3)c2)c(CC)c1C[n+]1cccc(NC(=O)Nc2ccc(C)cc2)c1.[Br-].[Br-].[Br-].